The quantitative estimate of drug-likeness (QED) is 0.427. The highest BCUT2D eigenvalue weighted by molar-refractivity contribution is 6.50. The predicted molar refractivity (Wildman–Crippen MR) is 35.1 cm³/mol. The Labute approximate surface area is 58.7 Å². The molecule has 0 N–H and O–H groups in total. The topological polar surface area (TPSA) is 0 Å². The van der Waals surface area contributed by atoms with Crippen LogP contribution in [0.25, 0.3) is 0 Å². The molecular formula is C5H11BF4-. The van der Waals surface area contributed by atoms with Gasteiger partial charge in [-0.3, -0.25) is 0 Å². The molecule has 0 bridgehead atoms. The number of rotatable bonds is 2. The number of hydrogen-bond donors (Lipinski definition) is 0. The lowest BCUT2D eigenvalue weighted by Crippen LogP contribution is -2.02. The third-order valence-corrected chi connectivity index (χ3v) is 0.604. The van der Waals surface area contributed by atoms with E-state index in [1.807, 2.05) is 0 Å². The molecule has 10 heavy (non-hydrogen) atoms. The fourth-order valence-corrected chi connectivity index (χ4v) is 0.250. The van der Waals surface area contributed by atoms with Crippen molar-refractivity contribution in [3.63, 3.8) is 0 Å². The predicted octanol–water partition coefficient (Wildman–Crippen LogP) is 3.31. The summed E-state index contributed by atoms with van der Waals surface area (Å²) in [5, 5.41) is 0. The zero-order valence-corrected chi connectivity index (χ0v) is 5.92. The molecule has 0 heterocycles. The summed E-state index contributed by atoms with van der Waals surface area (Å²) in [6.07, 6.45) is 3.65. The van der Waals surface area contributed by atoms with Gasteiger partial charge in [-0.25, -0.2) is 0 Å². The van der Waals surface area contributed by atoms with Crippen molar-refractivity contribution >= 4 is 7.25 Å². The second-order valence-corrected chi connectivity index (χ2v) is 1.70. The van der Waals surface area contributed by atoms with Crippen molar-refractivity contribution in [2.24, 2.45) is 0 Å². The zero-order valence-electron chi connectivity index (χ0n) is 5.92. The largest absolute Gasteiger partial charge is 0.673 e. The molecule has 63 valence electrons. The van der Waals surface area contributed by atoms with Gasteiger partial charge in [-0.1, -0.05) is 33.1 Å². The van der Waals surface area contributed by atoms with Crippen LogP contribution in [-0.4, -0.2) is 7.25 Å². The van der Waals surface area contributed by atoms with Crippen LogP contribution in [0.3, 0.4) is 0 Å². The standard InChI is InChI=1S/C5H11.BF4/c1-3-5-4-2;2-1(3,4)5/h1,3-5H2,2H3;/q;-1. The van der Waals surface area contributed by atoms with Crippen LogP contribution in [0.15, 0.2) is 0 Å². The molecule has 0 aliphatic heterocycles. The lowest BCUT2D eigenvalue weighted by Gasteiger charge is -1.94. The molecule has 0 rings (SSSR count). The van der Waals surface area contributed by atoms with E-state index in [0.29, 0.717) is 0 Å². The van der Waals surface area contributed by atoms with Crippen LogP contribution in [0.4, 0.5) is 17.3 Å². The minimum atomic E-state index is -6.00. The van der Waals surface area contributed by atoms with Crippen LogP contribution in [0.1, 0.15) is 26.2 Å². The Morgan fingerprint density at radius 3 is 1.50 bits per heavy atom. The summed E-state index contributed by atoms with van der Waals surface area (Å²) >= 11 is 0. The fourth-order valence-electron chi connectivity index (χ4n) is 0.250. The highest BCUT2D eigenvalue weighted by Crippen LogP contribution is 2.06. The van der Waals surface area contributed by atoms with Crippen LogP contribution < -0.4 is 0 Å². The SMILES string of the molecule is F[B-](F)(F)F.[CH2]CCCC. The minimum Gasteiger partial charge on any atom is -0.418 e. The van der Waals surface area contributed by atoms with Crippen molar-refractivity contribution in [2.75, 3.05) is 0 Å². The summed E-state index contributed by atoms with van der Waals surface area (Å²) in [6, 6.07) is 0. The lowest BCUT2D eigenvalue weighted by molar-refractivity contribution is 0.368. The van der Waals surface area contributed by atoms with Gasteiger partial charge in [0.25, 0.3) is 0 Å². The van der Waals surface area contributed by atoms with Crippen molar-refractivity contribution in [1.82, 2.24) is 0 Å². The minimum absolute atomic E-state index is 1.09. The Morgan fingerprint density at radius 2 is 1.50 bits per heavy atom. The molecule has 0 saturated carbocycles. The van der Waals surface area contributed by atoms with Gasteiger partial charge in [0.15, 0.2) is 0 Å². The van der Waals surface area contributed by atoms with E-state index in [2.05, 4.69) is 13.8 Å². The third-order valence-electron chi connectivity index (χ3n) is 0.604. The van der Waals surface area contributed by atoms with Gasteiger partial charge in [-0.05, 0) is 0 Å². The summed E-state index contributed by atoms with van der Waals surface area (Å²) in [6.45, 7) is 5.85. The summed E-state index contributed by atoms with van der Waals surface area (Å²) in [5.74, 6) is 0. The molecule has 0 atom stereocenters. The van der Waals surface area contributed by atoms with E-state index >= 15 is 0 Å². The number of halogens is 4. The van der Waals surface area contributed by atoms with Crippen LogP contribution in [0.2, 0.25) is 0 Å². The summed E-state index contributed by atoms with van der Waals surface area (Å²) in [7, 11) is -6.00. The molecule has 0 aromatic rings. The molecule has 0 aliphatic rings. The smallest absolute Gasteiger partial charge is 0.418 e. The van der Waals surface area contributed by atoms with Crippen molar-refractivity contribution in [3.05, 3.63) is 6.92 Å². The van der Waals surface area contributed by atoms with E-state index in [1.54, 1.807) is 0 Å². The van der Waals surface area contributed by atoms with E-state index in [4.69, 9.17) is 0 Å². The van der Waals surface area contributed by atoms with Gasteiger partial charge in [0.05, 0.1) is 0 Å². The molecule has 0 spiro atoms. The Balaban J connectivity index is 0. The maximum Gasteiger partial charge on any atom is 0.673 e. The number of unbranched alkanes of at least 4 members (excludes halogenated alkanes) is 2. The normalized spacial score (nSPS) is 10.2. The maximum absolute atomic E-state index is 9.75. The second kappa shape index (κ2) is 6.90. The van der Waals surface area contributed by atoms with E-state index in [9.17, 15) is 17.3 Å². The summed E-state index contributed by atoms with van der Waals surface area (Å²) < 4.78 is 39.0. The molecule has 0 fully saturated rings. The van der Waals surface area contributed by atoms with Gasteiger partial charge in [-0.15, -0.1) is 0 Å². The number of hydrogen-bond acceptors (Lipinski definition) is 0. The van der Waals surface area contributed by atoms with E-state index in [-0.39, 0.29) is 0 Å². The molecule has 0 aliphatic carbocycles. The molecule has 0 aromatic heterocycles. The highest BCUT2D eigenvalue weighted by Gasteiger charge is 2.20. The van der Waals surface area contributed by atoms with Crippen LogP contribution in [0, 0.1) is 6.92 Å². The first-order chi connectivity index (χ1) is 4.41. The van der Waals surface area contributed by atoms with Gasteiger partial charge < -0.3 is 17.3 Å². The molecule has 1 radical (unpaired) electrons. The highest BCUT2D eigenvalue weighted by atomic mass is 19.5. The summed E-state index contributed by atoms with van der Waals surface area (Å²) in [5.41, 5.74) is 0. The first-order valence-electron chi connectivity index (χ1n) is 3.08. The maximum atomic E-state index is 9.75. The molecule has 0 aromatic carbocycles. The first kappa shape index (κ1) is 12.5. The van der Waals surface area contributed by atoms with E-state index in [1.165, 1.54) is 12.8 Å². The van der Waals surface area contributed by atoms with Crippen molar-refractivity contribution in [2.45, 2.75) is 26.2 Å². The van der Waals surface area contributed by atoms with Crippen LogP contribution >= 0.6 is 0 Å². The first-order valence-corrected chi connectivity index (χ1v) is 3.08. The molecule has 0 saturated heterocycles. The van der Waals surface area contributed by atoms with Crippen molar-refractivity contribution in [1.29, 1.82) is 0 Å². The monoisotopic (exact) mass is 158 g/mol. The molecule has 5 heteroatoms. The summed E-state index contributed by atoms with van der Waals surface area (Å²) in [4.78, 5) is 0. The zero-order chi connectivity index (χ0) is 8.62. The van der Waals surface area contributed by atoms with Crippen molar-refractivity contribution in [3.8, 4) is 0 Å². The Hall–Kier alpha value is -0.215. The Kier molecular flexibility index (Phi) is 8.60. The van der Waals surface area contributed by atoms with Gasteiger partial charge in [-0.2, -0.15) is 0 Å². The molecular weight excluding hydrogens is 147 g/mol. The molecule has 0 nitrogen and oxygen atoms in total. The third kappa shape index (κ3) is 112. The average Bonchev–Trinajstić information content (AvgIpc) is 1.63. The van der Waals surface area contributed by atoms with Gasteiger partial charge in [0.1, 0.15) is 0 Å². The van der Waals surface area contributed by atoms with Gasteiger partial charge in [0.2, 0.25) is 0 Å². The van der Waals surface area contributed by atoms with Gasteiger partial charge >= 0.3 is 7.25 Å². The van der Waals surface area contributed by atoms with Crippen LogP contribution in [-0.2, 0) is 0 Å². The molecule has 0 unspecified atom stereocenters. The Bertz CT molecular complexity index is 53.2. The molecule has 0 amide bonds. The van der Waals surface area contributed by atoms with E-state index < -0.39 is 7.25 Å². The second-order valence-electron chi connectivity index (χ2n) is 1.70. The van der Waals surface area contributed by atoms with E-state index in [0.717, 1.165) is 6.42 Å². The fraction of sp³-hybridized carbons (Fsp3) is 0.800. The van der Waals surface area contributed by atoms with Crippen LogP contribution in [0.5, 0.6) is 0 Å². The average molecular weight is 158 g/mol. The lowest BCUT2D eigenvalue weighted by atomic mass is 10.3. The Morgan fingerprint density at radius 1 is 1.20 bits per heavy atom. The van der Waals surface area contributed by atoms with Gasteiger partial charge in [0, 0.05) is 0 Å². The van der Waals surface area contributed by atoms with Crippen molar-refractivity contribution < 1.29 is 17.3 Å².